The Morgan fingerprint density at radius 3 is 2.93 bits per heavy atom. The number of methoxy groups -OCH3 is 1. The molecule has 80 valence electrons. The van der Waals surface area contributed by atoms with E-state index in [9.17, 15) is 4.79 Å². The van der Waals surface area contributed by atoms with Crippen LogP contribution < -0.4 is 5.73 Å². The second kappa shape index (κ2) is 4.69. The van der Waals surface area contributed by atoms with Gasteiger partial charge in [0.05, 0.1) is 7.11 Å². The Morgan fingerprint density at radius 2 is 2.36 bits per heavy atom. The molecular weight excluding hydrogens is 186 g/mol. The van der Waals surface area contributed by atoms with E-state index in [4.69, 9.17) is 10.9 Å². The molecule has 3 N–H and O–H groups in total. The van der Waals surface area contributed by atoms with Gasteiger partial charge in [-0.25, -0.2) is 4.79 Å². The molecule has 0 aromatic carbocycles. The second-order valence-electron chi connectivity index (χ2n) is 3.19. The second-order valence-corrected chi connectivity index (χ2v) is 3.19. The summed E-state index contributed by atoms with van der Waals surface area (Å²) in [7, 11) is 1.33. The lowest BCUT2D eigenvalue weighted by Crippen LogP contribution is -2.51. The van der Waals surface area contributed by atoms with Gasteiger partial charge in [0.2, 0.25) is 5.96 Å². The third-order valence-electron chi connectivity index (χ3n) is 2.37. The molecule has 1 heterocycles. The number of esters is 1. The number of oxime groups is 1. The van der Waals surface area contributed by atoms with Crippen molar-refractivity contribution in [2.75, 3.05) is 13.7 Å². The molecule has 14 heavy (non-hydrogen) atoms. The van der Waals surface area contributed by atoms with Crippen molar-refractivity contribution in [2.24, 2.45) is 10.9 Å². The summed E-state index contributed by atoms with van der Waals surface area (Å²) in [5.41, 5.74) is 5.45. The maximum absolute atomic E-state index is 11.3. The van der Waals surface area contributed by atoms with Gasteiger partial charge in [-0.1, -0.05) is 5.16 Å². The normalized spacial score (nSPS) is 23.4. The summed E-state index contributed by atoms with van der Waals surface area (Å²) < 4.78 is 4.64. The van der Waals surface area contributed by atoms with Gasteiger partial charge in [-0.2, -0.15) is 0 Å². The van der Waals surface area contributed by atoms with E-state index >= 15 is 0 Å². The molecule has 1 rings (SSSR count). The Bertz CT molecular complexity index is 242. The molecule has 6 nitrogen and oxygen atoms in total. The van der Waals surface area contributed by atoms with Gasteiger partial charge < -0.3 is 20.6 Å². The van der Waals surface area contributed by atoms with Crippen LogP contribution in [0.3, 0.4) is 0 Å². The molecule has 1 aliphatic heterocycles. The van der Waals surface area contributed by atoms with Gasteiger partial charge in [-0.05, 0) is 19.3 Å². The summed E-state index contributed by atoms with van der Waals surface area (Å²) in [4.78, 5) is 12.9. The molecule has 1 fully saturated rings. The van der Waals surface area contributed by atoms with Gasteiger partial charge in [0.25, 0.3) is 0 Å². The number of hydrogen-bond donors (Lipinski definition) is 2. The van der Waals surface area contributed by atoms with Crippen LogP contribution in [0.1, 0.15) is 19.3 Å². The lowest BCUT2D eigenvalue weighted by Gasteiger charge is -2.33. The van der Waals surface area contributed by atoms with Crippen LogP contribution in [0.25, 0.3) is 0 Å². The maximum Gasteiger partial charge on any atom is 0.328 e. The van der Waals surface area contributed by atoms with Crippen molar-refractivity contribution in [2.45, 2.75) is 25.3 Å². The predicted molar refractivity (Wildman–Crippen MR) is 49.8 cm³/mol. The van der Waals surface area contributed by atoms with E-state index < -0.39 is 6.04 Å². The van der Waals surface area contributed by atoms with Gasteiger partial charge >= 0.3 is 5.97 Å². The summed E-state index contributed by atoms with van der Waals surface area (Å²) in [6.07, 6.45) is 2.57. The Kier molecular flexibility index (Phi) is 3.55. The van der Waals surface area contributed by atoms with Crippen LogP contribution in [0.5, 0.6) is 0 Å². The van der Waals surface area contributed by atoms with Crippen molar-refractivity contribution < 1.29 is 14.7 Å². The first-order valence-corrected chi connectivity index (χ1v) is 4.52. The van der Waals surface area contributed by atoms with E-state index in [-0.39, 0.29) is 11.9 Å². The van der Waals surface area contributed by atoms with Gasteiger partial charge in [-0.15, -0.1) is 0 Å². The van der Waals surface area contributed by atoms with E-state index in [0.29, 0.717) is 13.0 Å². The molecule has 1 saturated heterocycles. The van der Waals surface area contributed by atoms with Crippen LogP contribution in [0.4, 0.5) is 0 Å². The number of rotatable bonds is 1. The Labute approximate surface area is 82.3 Å². The summed E-state index contributed by atoms with van der Waals surface area (Å²) in [5, 5.41) is 11.4. The van der Waals surface area contributed by atoms with Crippen LogP contribution in [0, 0.1) is 0 Å². The fourth-order valence-corrected chi connectivity index (χ4v) is 1.64. The zero-order valence-corrected chi connectivity index (χ0v) is 8.14. The zero-order valence-electron chi connectivity index (χ0n) is 8.14. The summed E-state index contributed by atoms with van der Waals surface area (Å²) in [6, 6.07) is -0.412. The molecule has 0 spiro atoms. The first-order chi connectivity index (χ1) is 6.70. The number of piperidine rings is 1. The van der Waals surface area contributed by atoms with Crippen molar-refractivity contribution >= 4 is 11.9 Å². The van der Waals surface area contributed by atoms with Gasteiger partial charge in [0.1, 0.15) is 6.04 Å². The smallest absolute Gasteiger partial charge is 0.328 e. The standard InChI is InChI=1S/C8H15N3O3/c1-14-7(12)6-4-2-3-5-11(6)8(9)10-13/h6,13H,2-5H2,1H3,(H2,9,10). The van der Waals surface area contributed by atoms with Crippen molar-refractivity contribution in [3.63, 3.8) is 0 Å². The van der Waals surface area contributed by atoms with Crippen molar-refractivity contribution in [3.05, 3.63) is 0 Å². The lowest BCUT2D eigenvalue weighted by atomic mass is 10.0. The number of guanidine groups is 1. The highest BCUT2D eigenvalue weighted by Crippen LogP contribution is 2.17. The minimum Gasteiger partial charge on any atom is -0.467 e. The van der Waals surface area contributed by atoms with Crippen LogP contribution in [0.15, 0.2) is 5.16 Å². The molecule has 0 aliphatic carbocycles. The first-order valence-electron chi connectivity index (χ1n) is 4.52. The molecule has 1 unspecified atom stereocenters. The fraction of sp³-hybridized carbons (Fsp3) is 0.750. The molecule has 0 saturated carbocycles. The number of nitrogens with zero attached hydrogens (tertiary/aromatic N) is 2. The molecule has 1 aliphatic rings. The largest absolute Gasteiger partial charge is 0.467 e. The number of ether oxygens (including phenoxy) is 1. The maximum atomic E-state index is 11.3. The van der Waals surface area contributed by atoms with E-state index in [0.717, 1.165) is 12.8 Å². The molecule has 0 radical (unpaired) electrons. The van der Waals surface area contributed by atoms with Gasteiger partial charge in [-0.3, -0.25) is 0 Å². The third kappa shape index (κ3) is 2.07. The summed E-state index contributed by atoms with van der Waals surface area (Å²) in [6.45, 7) is 0.621. The van der Waals surface area contributed by atoms with E-state index in [2.05, 4.69) is 9.89 Å². The number of nitrogens with two attached hydrogens (primary N) is 1. The molecule has 1 atom stereocenters. The summed E-state index contributed by atoms with van der Waals surface area (Å²) >= 11 is 0. The van der Waals surface area contributed by atoms with Crippen LogP contribution in [0.2, 0.25) is 0 Å². The molecule has 0 bridgehead atoms. The van der Waals surface area contributed by atoms with Gasteiger partial charge in [0.15, 0.2) is 0 Å². The number of hydrogen-bond acceptors (Lipinski definition) is 4. The topological polar surface area (TPSA) is 88.2 Å². The highest BCUT2D eigenvalue weighted by atomic mass is 16.5. The van der Waals surface area contributed by atoms with E-state index in [1.54, 1.807) is 4.90 Å². The van der Waals surface area contributed by atoms with Crippen LogP contribution >= 0.6 is 0 Å². The molecule has 6 heteroatoms. The van der Waals surface area contributed by atoms with Crippen molar-refractivity contribution in [3.8, 4) is 0 Å². The molecule has 0 aromatic heterocycles. The minimum absolute atomic E-state index is 0.0277. The summed E-state index contributed by atoms with van der Waals surface area (Å²) in [5.74, 6) is -0.364. The minimum atomic E-state index is -0.412. The lowest BCUT2D eigenvalue weighted by molar-refractivity contribution is -0.146. The van der Waals surface area contributed by atoms with Crippen LogP contribution in [-0.2, 0) is 9.53 Å². The molecular formula is C8H15N3O3. The fourth-order valence-electron chi connectivity index (χ4n) is 1.64. The highest BCUT2D eigenvalue weighted by Gasteiger charge is 2.30. The van der Waals surface area contributed by atoms with Crippen molar-refractivity contribution in [1.29, 1.82) is 0 Å². The third-order valence-corrected chi connectivity index (χ3v) is 2.37. The molecule has 0 aromatic rings. The quantitative estimate of drug-likeness (QED) is 0.200. The van der Waals surface area contributed by atoms with Crippen molar-refractivity contribution in [1.82, 2.24) is 4.90 Å². The molecule has 0 amide bonds. The Hall–Kier alpha value is -1.46. The average Bonchev–Trinajstić information content (AvgIpc) is 2.27. The highest BCUT2D eigenvalue weighted by molar-refractivity contribution is 5.85. The van der Waals surface area contributed by atoms with E-state index in [1.165, 1.54) is 7.11 Å². The van der Waals surface area contributed by atoms with Gasteiger partial charge in [0, 0.05) is 6.54 Å². The monoisotopic (exact) mass is 201 g/mol. The first kappa shape index (κ1) is 10.6. The predicted octanol–water partition coefficient (Wildman–Crippen LogP) is -0.282. The van der Waals surface area contributed by atoms with E-state index in [1.807, 2.05) is 0 Å². The Morgan fingerprint density at radius 1 is 1.64 bits per heavy atom. The average molecular weight is 201 g/mol. The number of carbonyl (C=O) groups excluding carboxylic acids is 1. The zero-order chi connectivity index (χ0) is 10.6. The van der Waals surface area contributed by atoms with Crippen LogP contribution in [-0.4, -0.2) is 41.7 Å². The number of carbonyl (C=O) groups is 1. The Balaban J connectivity index is 2.73. The number of likely N-dealkylation sites (tertiary alicyclic amines) is 1. The SMILES string of the molecule is COC(=O)C1CCCCN1/C(N)=N/O.